The zero-order valence-electron chi connectivity index (χ0n) is 12.0. The van der Waals surface area contributed by atoms with E-state index in [1.807, 2.05) is 18.2 Å². The van der Waals surface area contributed by atoms with Gasteiger partial charge >= 0.3 is 0 Å². The predicted octanol–water partition coefficient (Wildman–Crippen LogP) is 5.85. The molecule has 0 bridgehead atoms. The predicted molar refractivity (Wildman–Crippen MR) is 90.6 cm³/mol. The lowest BCUT2D eigenvalue weighted by atomic mass is 9.82. The highest BCUT2D eigenvalue weighted by Gasteiger charge is 2.24. The summed E-state index contributed by atoms with van der Waals surface area (Å²) in [7, 11) is 0. The number of hydrogen-bond acceptors (Lipinski definition) is 2. The summed E-state index contributed by atoms with van der Waals surface area (Å²) in [5, 5.41) is 0.512. The van der Waals surface area contributed by atoms with Gasteiger partial charge in [0.1, 0.15) is 11.0 Å². The highest BCUT2D eigenvalue weighted by Crippen LogP contribution is 2.37. The molecule has 1 aliphatic carbocycles. The number of nitrogens with zero attached hydrogens (tertiary/aromatic N) is 2. The molecule has 1 fully saturated rings. The number of benzene rings is 1. The summed E-state index contributed by atoms with van der Waals surface area (Å²) in [4.78, 5) is 9.32. The third-order valence-electron chi connectivity index (χ3n) is 4.26. The molecule has 21 heavy (non-hydrogen) atoms. The van der Waals surface area contributed by atoms with Crippen LogP contribution in [0.4, 0.5) is 0 Å². The van der Waals surface area contributed by atoms with Crippen LogP contribution >= 0.6 is 27.5 Å². The molecule has 1 aromatic heterocycles. The average Bonchev–Trinajstić information content (AvgIpc) is 2.51. The molecule has 0 saturated heterocycles. The molecular weight excluding hydrogens is 348 g/mol. The first-order valence-electron chi connectivity index (χ1n) is 7.43. The smallest absolute Gasteiger partial charge is 0.147 e. The van der Waals surface area contributed by atoms with Gasteiger partial charge in [0.2, 0.25) is 0 Å². The Kier molecular flexibility index (Phi) is 4.60. The third-order valence-corrected chi connectivity index (χ3v) is 5.51. The van der Waals surface area contributed by atoms with E-state index in [4.69, 9.17) is 16.6 Å². The third kappa shape index (κ3) is 3.29. The van der Waals surface area contributed by atoms with Crippen molar-refractivity contribution in [1.82, 2.24) is 9.97 Å². The van der Waals surface area contributed by atoms with Crippen LogP contribution in [0.25, 0.3) is 11.3 Å². The van der Waals surface area contributed by atoms with E-state index in [0.29, 0.717) is 11.1 Å². The zero-order valence-corrected chi connectivity index (χ0v) is 14.4. The van der Waals surface area contributed by atoms with E-state index >= 15 is 0 Å². The Balaban J connectivity index is 1.98. The Labute approximate surface area is 139 Å². The fourth-order valence-corrected chi connectivity index (χ4v) is 3.51. The van der Waals surface area contributed by atoms with Crippen LogP contribution in [0.15, 0.2) is 34.8 Å². The van der Waals surface area contributed by atoms with E-state index in [-0.39, 0.29) is 0 Å². The minimum absolute atomic E-state index is 0.439. The van der Waals surface area contributed by atoms with E-state index in [9.17, 15) is 0 Å². The molecule has 0 N–H and O–H groups in total. The lowest BCUT2D eigenvalue weighted by molar-refractivity contribution is 0.340. The first-order chi connectivity index (χ1) is 10.1. The van der Waals surface area contributed by atoms with Crippen LogP contribution in [0.5, 0.6) is 0 Å². The summed E-state index contributed by atoms with van der Waals surface area (Å²) in [6.45, 7) is 2.32. The van der Waals surface area contributed by atoms with Crippen LogP contribution in [0.1, 0.15) is 44.3 Å². The molecule has 1 saturated carbocycles. The Bertz CT molecular complexity index is 622. The van der Waals surface area contributed by atoms with E-state index in [1.165, 1.54) is 12.8 Å². The molecular formula is C17H18BrClN2. The van der Waals surface area contributed by atoms with E-state index in [2.05, 4.69) is 40.0 Å². The van der Waals surface area contributed by atoms with Crippen LogP contribution in [-0.2, 0) is 0 Å². The van der Waals surface area contributed by atoms with Crippen LogP contribution < -0.4 is 0 Å². The van der Waals surface area contributed by atoms with Crippen LogP contribution in [0.2, 0.25) is 5.15 Å². The van der Waals surface area contributed by atoms with Crippen molar-refractivity contribution in [2.75, 3.05) is 0 Å². The van der Waals surface area contributed by atoms with Gasteiger partial charge in [0.05, 0.1) is 10.2 Å². The van der Waals surface area contributed by atoms with Gasteiger partial charge < -0.3 is 0 Å². The van der Waals surface area contributed by atoms with E-state index in [1.54, 1.807) is 0 Å². The highest BCUT2D eigenvalue weighted by molar-refractivity contribution is 9.10. The molecule has 0 unspecified atom stereocenters. The normalized spacial score (nSPS) is 22.2. The molecule has 2 aromatic rings. The minimum Gasteiger partial charge on any atom is -0.231 e. The summed E-state index contributed by atoms with van der Waals surface area (Å²) in [5.41, 5.74) is 1.96. The van der Waals surface area contributed by atoms with Gasteiger partial charge in [-0.1, -0.05) is 61.7 Å². The fraction of sp³-hybridized carbons (Fsp3) is 0.412. The maximum Gasteiger partial charge on any atom is 0.147 e. The average molecular weight is 366 g/mol. The summed E-state index contributed by atoms with van der Waals surface area (Å²) in [5.74, 6) is 2.16. The molecule has 2 nitrogen and oxygen atoms in total. The summed E-state index contributed by atoms with van der Waals surface area (Å²) in [6.07, 6.45) is 4.82. The fourth-order valence-electron chi connectivity index (χ4n) is 2.92. The minimum atomic E-state index is 0.439. The van der Waals surface area contributed by atoms with Crippen molar-refractivity contribution in [3.63, 3.8) is 0 Å². The van der Waals surface area contributed by atoms with Gasteiger partial charge in [-0.05, 0) is 34.7 Å². The maximum atomic E-state index is 6.32. The molecule has 110 valence electrons. The van der Waals surface area contributed by atoms with E-state index < -0.39 is 0 Å². The number of aromatic nitrogens is 2. The lowest BCUT2D eigenvalue weighted by Gasteiger charge is -2.25. The standard InChI is InChI=1S/C17H18BrClN2/c1-11-7-9-13(10-8-11)17-20-15(14(18)16(19)21-17)12-5-3-2-4-6-12/h2-6,11,13H,7-10H2,1H3. The second-order valence-corrected chi connectivity index (χ2v) is 7.01. The molecule has 3 rings (SSSR count). The molecule has 1 heterocycles. The molecule has 0 radical (unpaired) electrons. The molecule has 0 amide bonds. The van der Waals surface area contributed by atoms with Crippen molar-refractivity contribution < 1.29 is 0 Å². The van der Waals surface area contributed by atoms with Gasteiger partial charge in [0, 0.05) is 11.5 Å². The Morgan fingerprint density at radius 2 is 1.71 bits per heavy atom. The molecule has 0 aliphatic heterocycles. The van der Waals surface area contributed by atoms with Gasteiger partial charge in [-0.25, -0.2) is 9.97 Å². The summed E-state index contributed by atoms with van der Waals surface area (Å²) in [6, 6.07) is 10.1. The first-order valence-corrected chi connectivity index (χ1v) is 8.60. The monoisotopic (exact) mass is 364 g/mol. The van der Waals surface area contributed by atoms with Crippen molar-refractivity contribution in [1.29, 1.82) is 0 Å². The van der Waals surface area contributed by atoms with Crippen molar-refractivity contribution in [2.45, 2.75) is 38.5 Å². The lowest BCUT2D eigenvalue weighted by Crippen LogP contribution is -2.14. The maximum absolute atomic E-state index is 6.32. The Morgan fingerprint density at radius 3 is 2.38 bits per heavy atom. The quantitative estimate of drug-likeness (QED) is 0.623. The molecule has 1 aliphatic rings. The van der Waals surface area contributed by atoms with Crippen LogP contribution in [0, 0.1) is 5.92 Å². The highest BCUT2D eigenvalue weighted by atomic mass is 79.9. The van der Waals surface area contributed by atoms with Crippen LogP contribution in [0.3, 0.4) is 0 Å². The first kappa shape index (κ1) is 15.0. The van der Waals surface area contributed by atoms with E-state index in [0.717, 1.165) is 40.3 Å². The van der Waals surface area contributed by atoms with Gasteiger partial charge in [-0.3, -0.25) is 0 Å². The largest absolute Gasteiger partial charge is 0.231 e. The van der Waals surface area contributed by atoms with Gasteiger partial charge in [-0.2, -0.15) is 0 Å². The zero-order chi connectivity index (χ0) is 14.8. The Morgan fingerprint density at radius 1 is 1.05 bits per heavy atom. The molecule has 0 atom stereocenters. The van der Waals surface area contributed by atoms with Gasteiger partial charge in [-0.15, -0.1) is 0 Å². The number of hydrogen-bond donors (Lipinski definition) is 0. The second-order valence-electron chi connectivity index (χ2n) is 5.86. The van der Waals surface area contributed by atoms with Crippen LogP contribution in [-0.4, -0.2) is 9.97 Å². The van der Waals surface area contributed by atoms with Crippen molar-refractivity contribution in [3.05, 3.63) is 45.8 Å². The topological polar surface area (TPSA) is 25.8 Å². The molecule has 0 spiro atoms. The second kappa shape index (κ2) is 6.45. The van der Waals surface area contributed by atoms with Crippen molar-refractivity contribution >= 4 is 27.5 Å². The van der Waals surface area contributed by atoms with Crippen molar-refractivity contribution in [2.24, 2.45) is 5.92 Å². The van der Waals surface area contributed by atoms with Gasteiger partial charge in [0.15, 0.2) is 0 Å². The number of rotatable bonds is 2. The molecule has 1 aromatic carbocycles. The Hall–Kier alpha value is -0.930. The van der Waals surface area contributed by atoms with Gasteiger partial charge in [0.25, 0.3) is 0 Å². The SMILES string of the molecule is CC1CCC(c2nc(Cl)c(Br)c(-c3ccccc3)n2)CC1. The molecule has 4 heteroatoms. The summed E-state index contributed by atoms with van der Waals surface area (Å²) < 4.78 is 0.781. The summed E-state index contributed by atoms with van der Waals surface area (Å²) >= 11 is 9.85. The van der Waals surface area contributed by atoms with Crippen molar-refractivity contribution in [3.8, 4) is 11.3 Å². The number of halogens is 2.